The third-order valence-corrected chi connectivity index (χ3v) is 4.88. The van der Waals surface area contributed by atoms with E-state index in [4.69, 9.17) is 9.47 Å². The van der Waals surface area contributed by atoms with Crippen molar-refractivity contribution in [2.45, 2.75) is 26.2 Å². The molecule has 9 nitrogen and oxygen atoms in total. The summed E-state index contributed by atoms with van der Waals surface area (Å²) in [6.07, 6.45) is 1.40. The van der Waals surface area contributed by atoms with Gasteiger partial charge in [0.05, 0.1) is 16.7 Å². The average molecular weight is 476 g/mol. The third-order valence-electron chi connectivity index (χ3n) is 4.88. The molecule has 0 bridgehead atoms. The van der Waals surface area contributed by atoms with Crippen LogP contribution >= 0.6 is 0 Å². The number of esters is 1. The molecule has 0 fully saturated rings. The van der Waals surface area contributed by atoms with Crippen molar-refractivity contribution < 1.29 is 24.0 Å². The number of nitro benzene ring substituents is 1. The molecule has 0 spiro atoms. The van der Waals surface area contributed by atoms with E-state index in [1.54, 1.807) is 24.3 Å². The monoisotopic (exact) mass is 475 g/mol. The van der Waals surface area contributed by atoms with Gasteiger partial charge in [0.25, 0.3) is 11.6 Å². The van der Waals surface area contributed by atoms with Gasteiger partial charge in [0.15, 0.2) is 6.61 Å². The molecule has 0 aliphatic rings. The van der Waals surface area contributed by atoms with Crippen molar-refractivity contribution in [3.05, 3.63) is 99.6 Å². The number of benzene rings is 3. The van der Waals surface area contributed by atoms with Gasteiger partial charge in [0, 0.05) is 12.1 Å². The molecule has 0 aliphatic heterocycles. The molecule has 0 radical (unpaired) electrons. The second kappa shape index (κ2) is 11.1. The quantitative estimate of drug-likeness (QED) is 0.167. The Bertz CT molecular complexity index is 1230. The lowest BCUT2D eigenvalue weighted by molar-refractivity contribution is -0.384. The number of hydrogen-bond donors (Lipinski definition) is 1. The second-order valence-corrected chi connectivity index (χ2v) is 8.62. The lowest BCUT2D eigenvalue weighted by Crippen LogP contribution is -2.24. The van der Waals surface area contributed by atoms with Gasteiger partial charge >= 0.3 is 5.97 Å². The fraction of sp³-hybridized carbons (Fsp3) is 0.192. The molecule has 0 saturated carbocycles. The fourth-order valence-corrected chi connectivity index (χ4v) is 2.95. The summed E-state index contributed by atoms with van der Waals surface area (Å²) in [5.74, 6) is -0.248. The number of carbonyl (C=O) groups excluding carboxylic acids is 2. The maximum absolute atomic E-state index is 12.3. The maximum Gasteiger partial charge on any atom is 0.343 e. The summed E-state index contributed by atoms with van der Waals surface area (Å²) in [7, 11) is 0. The van der Waals surface area contributed by atoms with Gasteiger partial charge in [-0.1, -0.05) is 45.0 Å². The topological polar surface area (TPSA) is 120 Å². The zero-order chi connectivity index (χ0) is 25.4. The number of amides is 1. The van der Waals surface area contributed by atoms with Crippen LogP contribution in [0.2, 0.25) is 0 Å². The summed E-state index contributed by atoms with van der Waals surface area (Å²) in [6, 6.07) is 19.2. The van der Waals surface area contributed by atoms with Crippen LogP contribution in [0.15, 0.2) is 77.9 Å². The second-order valence-electron chi connectivity index (χ2n) is 8.62. The Labute approximate surface area is 202 Å². The summed E-state index contributed by atoms with van der Waals surface area (Å²) in [6.45, 7) is 6.16. The maximum atomic E-state index is 12.3. The Kier molecular flexibility index (Phi) is 7.93. The Morgan fingerprint density at radius 2 is 1.69 bits per heavy atom. The molecule has 0 heterocycles. The van der Waals surface area contributed by atoms with E-state index in [1.807, 2.05) is 24.3 Å². The van der Waals surface area contributed by atoms with Gasteiger partial charge in [-0.2, -0.15) is 5.10 Å². The summed E-state index contributed by atoms with van der Waals surface area (Å²) < 4.78 is 10.8. The molecular weight excluding hydrogens is 450 g/mol. The number of hydrazone groups is 1. The standard InChI is InChI=1S/C26H25N3O6/c1-26(2,3)20-9-13-22(14-10-20)34-17-24(30)28-27-16-18-5-4-6-23(15-18)35-25(31)19-7-11-21(12-8-19)29(32)33/h4-16H,17H2,1-3H3,(H,28,30)/b27-16-. The van der Waals surface area contributed by atoms with Gasteiger partial charge in [-0.3, -0.25) is 14.9 Å². The van der Waals surface area contributed by atoms with E-state index in [0.29, 0.717) is 11.3 Å². The van der Waals surface area contributed by atoms with E-state index in [-0.39, 0.29) is 29.0 Å². The van der Waals surface area contributed by atoms with Crippen LogP contribution in [-0.2, 0) is 10.2 Å². The highest BCUT2D eigenvalue weighted by Gasteiger charge is 2.13. The summed E-state index contributed by atoms with van der Waals surface area (Å²) in [4.78, 5) is 34.5. The Morgan fingerprint density at radius 3 is 2.31 bits per heavy atom. The van der Waals surface area contributed by atoms with Crippen molar-refractivity contribution in [3.63, 3.8) is 0 Å². The van der Waals surface area contributed by atoms with Gasteiger partial charge in [-0.15, -0.1) is 0 Å². The van der Waals surface area contributed by atoms with Crippen molar-refractivity contribution in [3.8, 4) is 11.5 Å². The normalized spacial score (nSPS) is 11.2. The minimum absolute atomic E-state index is 0.0327. The molecule has 3 rings (SSSR count). The van der Waals surface area contributed by atoms with E-state index >= 15 is 0 Å². The van der Waals surface area contributed by atoms with E-state index in [2.05, 4.69) is 31.3 Å². The van der Waals surface area contributed by atoms with Gasteiger partial charge in [0.2, 0.25) is 0 Å². The van der Waals surface area contributed by atoms with E-state index in [1.165, 1.54) is 36.0 Å². The van der Waals surface area contributed by atoms with Crippen molar-refractivity contribution in [2.24, 2.45) is 5.10 Å². The lowest BCUT2D eigenvalue weighted by atomic mass is 9.87. The summed E-state index contributed by atoms with van der Waals surface area (Å²) >= 11 is 0. The first-order valence-electron chi connectivity index (χ1n) is 10.7. The number of carbonyl (C=O) groups is 2. The molecule has 1 N–H and O–H groups in total. The molecule has 0 unspecified atom stereocenters. The van der Waals surface area contributed by atoms with Crippen LogP contribution in [0, 0.1) is 10.1 Å². The molecule has 3 aromatic carbocycles. The number of nitrogens with zero attached hydrogens (tertiary/aromatic N) is 2. The first kappa shape index (κ1) is 25.1. The largest absolute Gasteiger partial charge is 0.484 e. The van der Waals surface area contributed by atoms with Crippen LogP contribution in [0.1, 0.15) is 42.3 Å². The Balaban J connectivity index is 1.50. The number of nitrogens with one attached hydrogen (secondary N) is 1. The van der Waals surface area contributed by atoms with Crippen molar-refractivity contribution in [2.75, 3.05) is 6.61 Å². The number of hydrogen-bond acceptors (Lipinski definition) is 7. The zero-order valence-corrected chi connectivity index (χ0v) is 19.6. The SMILES string of the molecule is CC(C)(C)c1ccc(OCC(=O)N/N=C\c2cccc(OC(=O)c3ccc([N+](=O)[O-])cc3)c2)cc1. The Hall–Kier alpha value is -4.53. The molecule has 0 saturated heterocycles. The van der Waals surface area contributed by atoms with Crippen LogP contribution < -0.4 is 14.9 Å². The first-order chi connectivity index (χ1) is 16.6. The number of rotatable bonds is 8. The lowest BCUT2D eigenvalue weighted by Gasteiger charge is -2.19. The highest BCUT2D eigenvalue weighted by molar-refractivity contribution is 5.91. The number of nitro groups is 1. The summed E-state index contributed by atoms with van der Waals surface area (Å²) in [5.41, 5.74) is 4.22. The number of ether oxygens (including phenoxy) is 2. The average Bonchev–Trinajstić information content (AvgIpc) is 2.83. The van der Waals surface area contributed by atoms with Crippen LogP contribution in [-0.4, -0.2) is 29.6 Å². The molecule has 0 atom stereocenters. The number of non-ortho nitro benzene ring substituents is 1. The molecular formula is C26H25N3O6. The van der Waals surface area contributed by atoms with Crippen LogP contribution in [0.25, 0.3) is 0 Å². The Morgan fingerprint density at radius 1 is 1.00 bits per heavy atom. The summed E-state index contributed by atoms with van der Waals surface area (Å²) in [5, 5.41) is 14.6. The van der Waals surface area contributed by atoms with Crippen LogP contribution in [0.5, 0.6) is 11.5 Å². The molecule has 0 aliphatic carbocycles. The molecule has 3 aromatic rings. The van der Waals surface area contributed by atoms with Crippen LogP contribution in [0.4, 0.5) is 5.69 Å². The third kappa shape index (κ3) is 7.50. The minimum Gasteiger partial charge on any atom is -0.484 e. The molecule has 1 amide bonds. The highest BCUT2D eigenvalue weighted by Crippen LogP contribution is 2.24. The van der Waals surface area contributed by atoms with Crippen molar-refractivity contribution in [1.29, 1.82) is 0 Å². The zero-order valence-electron chi connectivity index (χ0n) is 19.6. The van der Waals surface area contributed by atoms with E-state index in [9.17, 15) is 19.7 Å². The molecule has 180 valence electrons. The minimum atomic E-state index is -0.657. The highest BCUT2D eigenvalue weighted by atomic mass is 16.6. The fourth-order valence-electron chi connectivity index (χ4n) is 2.95. The smallest absolute Gasteiger partial charge is 0.343 e. The van der Waals surface area contributed by atoms with Crippen molar-refractivity contribution >= 4 is 23.8 Å². The van der Waals surface area contributed by atoms with Crippen molar-refractivity contribution in [1.82, 2.24) is 5.43 Å². The predicted octanol–water partition coefficient (Wildman–Crippen LogP) is 4.64. The van der Waals surface area contributed by atoms with Crippen LogP contribution in [0.3, 0.4) is 0 Å². The van der Waals surface area contributed by atoms with Gasteiger partial charge < -0.3 is 9.47 Å². The van der Waals surface area contributed by atoms with E-state index in [0.717, 1.165) is 0 Å². The molecule has 9 heteroatoms. The first-order valence-corrected chi connectivity index (χ1v) is 10.7. The van der Waals surface area contributed by atoms with Gasteiger partial charge in [-0.05, 0) is 52.9 Å². The van der Waals surface area contributed by atoms with Gasteiger partial charge in [-0.25, -0.2) is 10.2 Å². The predicted molar refractivity (Wildman–Crippen MR) is 131 cm³/mol. The molecule has 35 heavy (non-hydrogen) atoms. The van der Waals surface area contributed by atoms with Gasteiger partial charge in [0.1, 0.15) is 11.5 Å². The molecule has 0 aromatic heterocycles. The van der Waals surface area contributed by atoms with E-state index < -0.39 is 16.8 Å².